The number of thiazole rings is 1. The fraction of sp³-hybridized carbons (Fsp3) is 0.400. The van der Waals surface area contributed by atoms with Crippen LogP contribution in [0.5, 0.6) is 11.5 Å². The normalized spacial score (nSPS) is 11.5. The lowest BCUT2D eigenvalue weighted by Gasteiger charge is -2.16. The van der Waals surface area contributed by atoms with Crippen LogP contribution in [-0.4, -0.2) is 19.2 Å². The number of hydrogen-bond acceptors (Lipinski definition) is 5. The van der Waals surface area contributed by atoms with Crippen molar-refractivity contribution >= 4 is 11.3 Å². The monoisotopic (exact) mass is 292 g/mol. The molecule has 0 aliphatic rings. The molecular weight excluding hydrogens is 272 g/mol. The van der Waals surface area contributed by atoms with Gasteiger partial charge in [-0.3, -0.25) is 0 Å². The second kappa shape index (κ2) is 5.42. The molecule has 0 saturated carbocycles. The maximum atomic E-state index is 6.18. The molecule has 0 aliphatic heterocycles. The molecule has 2 aromatic rings. The van der Waals surface area contributed by atoms with Crippen molar-refractivity contribution in [1.82, 2.24) is 4.98 Å². The van der Waals surface area contributed by atoms with Gasteiger partial charge in [-0.15, -0.1) is 11.3 Å². The van der Waals surface area contributed by atoms with E-state index < -0.39 is 0 Å². The van der Waals surface area contributed by atoms with E-state index in [1.54, 1.807) is 25.6 Å². The Bertz CT molecular complexity index is 615. The molecule has 1 heterocycles. The van der Waals surface area contributed by atoms with E-state index in [0.717, 1.165) is 21.1 Å². The molecule has 0 aliphatic carbocycles. The van der Waals surface area contributed by atoms with E-state index in [0.29, 0.717) is 11.5 Å². The summed E-state index contributed by atoms with van der Waals surface area (Å²) in [7, 11) is 3.25. The molecule has 0 amide bonds. The minimum atomic E-state index is -0.378. The third kappa shape index (κ3) is 2.78. The fourth-order valence-corrected chi connectivity index (χ4v) is 3.16. The third-order valence-corrected chi connectivity index (χ3v) is 4.56. The van der Waals surface area contributed by atoms with Gasteiger partial charge in [0.2, 0.25) is 0 Å². The van der Waals surface area contributed by atoms with E-state index >= 15 is 0 Å². The second-order valence-corrected chi connectivity index (χ2v) is 6.22. The number of ether oxygens (including phenoxy) is 2. The van der Waals surface area contributed by atoms with Gasteiger partial charge in [0.25, 0.3) is 0 Å². The van der Waals surface area contributed by atoms with E-state index in [9.17, 15) is 0 Å². The Hall–Kier alpha value is -1.59. The van der Waals surface area contributed by atoms with Gasteiger partial charge in [-0.25, -0.2) is 4.98 Å². The second-order valence-electron chi connectivity index (χ2n) is 5.23. The molecule has 108 valence electrons. The highest BCUT2D eigenvalue weighted by Gasteiger charge is 2.22. The van der Waals surface area contributed by atoms with E-state index in [2.05, 4.69) is 4.98 Å². The van der Waals surface area contributed by atoms with Crippen molar-refractivity contribution in [2.45, 2.75) is 26.3 Å². The van der Waals surface area contributed by atoms with E-state index in [1.807, 2.05) is 39.0 Å². The van der Waals surface area contributed by atoms with E-state index in [4.69, 9.17) is 15.2 Å². The Morgan fingerprint density at radius 1 is 1.15 bits per heavy atom. The highest BCUT2D eigenvalue weighted by Crippen LogP contribution is 2.37. The SMILES string of the molecule is COc1ccc(-c2nc(C)c(C(C)(C)N)s2)cc1OC. The smallest absolute Gasteiger partial charge is 0.161 e. The number of nitrogens with zero attached hydrogens (tertiary/aromatic N) is 1. The van der Waals surface area contributed by atoms with E-state index in [1.165, 1.54) is 0 Å². The first-order valence-electron chi connectivity index (χ1n) is 6.36. The van der Waals surface area contributed by atoms with Crippen LogP contribution in [0, 0.1) is 6.92 Å². The number of aryl methyl sites for hydroxylation is 1. The largest absolute Gasteiger partial charge is 0.493 e. The number of hydrogen-bond donors (Lipinski definition) is 1. The van der Waals surface area contributed by atoms with Gasteiger partial charge in [0.1, 0.15) is 5.01 Å². The van der Waals surface area contributed by atoms with Crippen molar-refractivity contribution in [3.63, 3.8) is 0 Å². The van der Waals surface area contributed by atoms with Crippen LogP contribution in [0.25, 0.3) is 10.6 Å². The van der Waals surface area contributed by atoms with Gasteiger partial charge in [0, 0.05) is 16.0 Å². The molecule has 5 heteroatoms. The first-order valence-corrected chi connectivity index (χ1v) is 7.17. The Balaban J connectivity index is 2.47. The predicted octanol–water partition coefficient (Wildman–Crippen LogP) is 3.33. The summed E-state index contributed by atoms with van der Waals surface area (Å²) >= 11 is 1.62. The van der Waals surface area contributed by atoms with Crippen LogP contribution in [0.2, 0.25) is 0 Å². The predicted molar refractivity (Wildman–Crippen MR) is 82.6 cm³/mol. The lowest BCUT2D eigenvalue weighted by molar-refractivity contribution is 0.355. The van der Waals surface area contributed by atoms with Crippen molar-refractivity contribution in [3.05, 3.63) is 28.8 Å². The molecule has 0 spiro atoms. The van der Waals surface area contributed by atoms with Crippen LogP contribution in [-0.2, 0) is 5.54 Å². The quantitative estimate of drug-likeness (QED) is 0.939. The van der Waals surface area contributed by atoms with Crippen molar-refractivity contribution in [2.24, 2.45) is 5.73 Å². The minimum Gasteiger partial charge on any atom is -0.493 e. The van der Waals surface area contributed by atoms with Crippen LogP contribution in [0.3, 0.4) is 0 Å². The Kier molecular flexibility index (Phi) is 4.01. The van der Waals surface area contributed by atoms with Gasteiger partial charge in [0.05, 0.1) is 19.9 Å². The molecule has 2 N–H and O–H groups in total. The number of nitrogens with two attached hydrogens (primary N) is 1. The highest BCUT2D eigenvalue weighted by atomic mass is 32.1. The summed E-state index contributed by atoms with van der Waals surface area (Å²) in [6, 6.07) is 5.80. The van der Waals surface area contributed by atoms with Gasteiger partial charge in [-0.1, -0.05) is 0 Å². The van der Waals surface area contributed by atoms with Gasteiger partial charge >= 0.3 is 0 Å². The average molecular weight is 292 g/mol. The van der Waals surface area contributed by atoms with Crippen molar-refractivity contribution in [2.75, 3.05) is 14.2 Å². The molecule has 1 aromatic heterocycles. The summed E-state index contributed by atoms with van der Waals surface area (Å²) in [5.41, 5.74) is 7.78. The number of aromatic nitrogens is 1. The number of rotatable bonds is 4. The molecule has 0 bridgehead atoms. The summed E-state index contributed by atoms with van der Waals surface area (Å²) in [6.07, 6.45) is 0. The van der Waals surface area contributed by atoms with Crippen molar-refractivity contribution in [1.29, 1.82) is 0 Å². The van der Waals surface area contributed by atoms with Crippen LogP contribution < -0.4 is 15.2 Å². The summed E-state index contributed by atoms with van der Waals surface area (Å²) in [6.45, 7) is 5.97. The highest BCUT2D eigenvalue weighted by molar-refractivity contribution is 7.15. The molecule has 2 rings (SSSR count). The van der Waals surface area contributed by atoms with Crippen LogP contribution >= 0.6 is 11.3 Å². The minimum absolute atomic E-state index is 0.378. The summed E-state index contributed by atoms with van der Waals surface area (Å²) in [5, 5.41) is 0.942. The molecule has 0 atom stereocenters. The summed E-state index contributed by atoms with van der Waals surface area (Å²) < 4.78 is 10.6. The van der Waals surface area contributed by atoms with Gasteiger partial charge in [0.15, 0.2) is 11.5 Å². The first kappa shape index (κ1) is 14.8. The van der Waals surface area contributed by atoms with Crippen molar-refractivity contribution in [3.8, 4) is 22.1 Å². The number of methoxy groups -OCH3 is 2. The lowest BCUT2D eigenvalue weighted by Crippen LogP contribution is -2.28. The third-order valence-electron chi connectivity index (χ3n) is 3.01. The zero-order valence-electron chi connectivity index (χ0n) is 12.5. The van der Waals surface area contributed by atoms with Gasteiger partial charge < -0.3 is 15.2 Å². The molecular formula is C15H20N2O2S. The average Bonchev–Trinajstić information content (AvgIpc) is 2.80. The molecule has 0 saturated heterocycles. The Labute approximate surface area is 123 Å². The topological polar surface area (TPSA) is 57.4 Å². The summed E-state index contributed by atoms with van der Waals surface area (Å²) in [5.74, 6) is 1.41. The molecule has 0 radical (unpaired) electrons. The molecule has 20 heavy (non-hydrogen) atoms. The number of benzene rings is 1. The van der Waals surface area contributed by atoms with Gasteiger partial charge in [-0.2, -0.15) is 0 Å². The van der Waals surface area contributed by atoms with Crippen molar-refractivity contribution < 1.29 is 9.47 Å². The fourth-order valence-electron chi connectivity index (χ4n) is 2.09. The lowest BCUT2D eigenvalue weighted by atomic mass is 10.0. The maximum Gasteiger partial charge on any atom is 0.161 e. The zero-order chi connectivity index (χ0) is 14.9. The molecule has 0 unspecified atom stereocenters. The van der Waals surface area contributed by atoms with Crippen LogP contribution in [0.15, 0.2) is 18.2 Å². The van der Waals surface area contributed by atoms with Gasteiger partial charge in [-0.05, 0) is 39.0 Å². The molecule has 1 aromatic carbocycles. The summed E-state index contributed by atoms with van der Waals surface area (Å²) in [4.78, 5) is 5.72. The van der Waals surface area contributed by atoms with Crippen LogP contribution in [0.4, 0.5) is 0 Å². The molecule has 0 fully saturated rings. The molecule has 4 nitrogen and oxygen atoms in total. The standard InChI is InChI=1S/C15H20N2O2S/c1-9-13(15(2,3)16)20-14(17-9)10-6-7-11(18-4)12(8-10)19-5/h6-8H,16H2,1-5H3. The maximum absolute atomic E-state index is 6.18. The van der Waals surface area contributed by atoms with Crippen LogP contribution in [0.1, 0.15) is 24.4 Å². The van der Waals surface area contributed by atoms with E-state index in [-0.39, 0.29) is 5.54 Å². The first-order chi connectivity index (χ1) is 9.36. The zero-order valence-corrected chi connectivity index (χ0v) is 13.3. The Morgan fingerprint density at radius 3 is 2.30 bits per heavy atom. The Morgan fingerprint density at radius 2 is 1.80 bits per heavy atom.